The van der Waals surface area contributed by atoms with E-state index in [4.69, 9.17) is 4.74 Å². The van der Waals surface area contributed by atoms with Crippen molar-refractivity contribution >= 4 is 40.7 Å². The number of aromatic nitrogens is 3. The van der Waals surface area contributed by atoms with Gasteiger partial charge in [0, 0.05) is 69.2 Å². The van der Waals surface area contributed by atoms with Crippen molar-refractivity contribution in [3.05, 3.63) is 54.2 Å². The van der Waals surface area contributed by atoms with Crippen molar-refractivity contribution in [3.8, 4) is 0 Å². The van der Waals surface area contributed by atoms with Crippen LogP contribution in [-0.4, -0.2) is 88.3 Å². The minimum atomic E-state index is -0.833. The first-order valence-corrected chi connectivity index (χ1v) is 13.9. The van der Waals surface area contributed by atoms with E-state index < -0.39 is 29.7 Å². The van der Waals surface area contributed by atoms with E-state index in [1.807, 2.05) is 0 Å². The highest BCUT2D eigenvalue weighted by Crippen LogP contribution is 2.34. The zero-order valence-electron chi connectivity index (χ0n) is 22.7. The Morgan fingerprint density at radius 2 is 1.81 bits per heavy atom. The van der Waals surface area contributed by atoms with Gasteiger partial charge in [0.25, 0.3) is 5.91 Å². The summed E-state index contributed by atoms with van der Waals surface area (Å²) in [5.41, 5.74) is 0.455. The van der Waals surface area contributed by atoms with Crippen LogP contribution in [0.2, 0.25) is 0 Å². The molecule has 3 amide bonds. The van der Waals surface area contributed by atoms with Gasteiger partial charge in [-0.25, -0.2) is 18.6 Å². The molecule has 1 atom stereocenters. The predicted octanol–water partition coefficient (Wildman–Crippen LogP) is 2.17. The van der Waals surface area contributed by atoms with Crippen LogP contribution >= 0.6 is 0 Å². The molecule has 14 heteroatoms. The molecule has 1 saturated carbocycles. The standard InChI is InChI=1S/C28H29F2N7O5/c29-20-11-18(37-15-19(42-28(37)41)3-4-23(38)17-1-2-17)12-21(30)26(20)35-9-7-34(8-10-35)25(39)14-32-27(40)22-16-36-6-5-31-13-24(36)33-22/h5-6,11-13,16-17,19H,1-4,7-10,14-15H2,(H,32,40)/t19-/m0/s1. The van der Waals surface area contributed by atoms with Crippen molar-refractivity contribution in [2.24, 2.45) is 5.92 Å². The summed E-state index contributed by atoms with van der Waals surface area (Å²) in [7, 11) is 0. The summed E-state index contributed by atoms with van der Waals surface area (Å²) in [5.74, 6) is -2.21. The van der Waals surface area contributed by atoms with Gasteiger partial charge >= 0.3 is 6.09 Å². The van der Waals surface area contributed by atoms with E-state index in [9.17, 15) is 19.2 Å². The van der Waals surface area contributed by atoms with Crippen molar-refractivity contribution in [3.63, 3.8) is 0 Å². The molecule has 42 heavy (non-hydrogen) atoms. The van der Waals surface area contributed by atoms with E-state index >= 15 is 8.78 Å². The maximum atomic E-state index is 15.2. The Labute approximate surface area is 239 Å². The van der Waals surface area contributed by atoms with Gasteiger partial charge < -0.3 is 24.3 Å². The summed E-state index contributed by atoms with van der Waals surface area (Å²) in [6, 6.07) is 2.19. The zero-order chi connectivity index (χ0) is 29.4. The number of rotatable bonds is 9. The molecule has 1 aliphatic carbocycles. The van der Waals surface area contributed by atoms with Gasteiger partial charge in [0.15, 0.2) is 17.3 Å². The molecule has 6 rings (SSSR count). The van der Waals surface area contributed by atoms with Gasteiger partial charge in [0.2, 0.25) is 5.91 Å². The van der Waals surface area contributed by atoms with Crippen molar-refractivity contribution in [1.82, 2.24) is 24.6 Å². The molecule has 0 spiro atoms. The lowest BCUT2D eigenvalue weighted by molar-refractivity contribution is -0.130. The minimum Gasteiger partial charge on any atom is -0.444 e. The molecule has 220 valence electrons. The number of nitrogens with one attached hydrogen (secondary N) is 1. The van der Waals surface area contributed by atoms with Crippen LogP contribution < -0.4 is 15.1 Å². The van der Waals surface area contributed by atoms with E-state index in [0.717, 1.165) is 25.0 Å². The maximum absolute atomic E-state index is 15.2. The number of nitrogens with zero attached hydrogens (tertiary/aromatic N) is 6. The normalized spacial score (nSPS) is 18.9. The number of carbonyl (C=O) groups excluding carboxylic acids is 4. The van der Waals surface area contributed by atoms with Crippen molar-refractivity contribution in [2.75, 3.05) is 49.1 Å². The highest BCUT2D eigenvalue weighted by molar-refractivity contribution is 5.95. The van der Waals surface area contributed by atoms with Crippen LogP contribution in [0.4, 0.5) is 25.0 Å². The Hall–Kier alpha value is -4.62. The molecular formula is C28H29F2N7O5. The van der Waals surface area contributed by atoms with E-state index in [0.29, 0.717) is 18.5 Å². The number of ether oxygens (including phenoxy) is 1. The van der Waals surface area contributed by atoms with E-state index in [2.05, 4.69) is 15.3 Å². The first-order valence-electron chi connectivity index (χ1n) is 13.9. The highest BCUT2D eigenvalue weighted by Gasteiger charge is 2.36. The highest BCUT2D eigenvalue weighted by atomic mass is 19.1. The quantitative estimate of drug-likeness (QED) is 0.407. The Morgan fingerprint density at radius 1 is 1.07 bits per heavy atom. The third kappa shape index (κ3) is 5.74. The largest absolute Gasteiger partial charge is 0.444 e. The van der Waals surface area contributed by atoms with Gasteiger partial charge in [-0.1, -0.05) is 0 Å². The number of carbonyl (C=O) groups is 4. The third-order valence-corrected chi connectivity index (χ3v) is 7.78. The lowest BCUT2D eigenvalue weighted by Crippen LogP contribution is -2.51. The molecule has 3 fully saturated rings. The maximum Gasteiger partial charge on any atom is 0.414 e. The molecule has 12 nitrogen and oxygen atoms in total. The number of halogens is 2. The first kappa shape index (κ1) is 27.5. The van der Waals surface area contributed by atoms with Gasteiger partial charge in [-0.3, -0.25) is 24.3 Å². The number of imidazole rings is 1. The van der Waals surface area contributed by atoms with Crippen molar-refractivity contribution < 1.29 is 32.7 Å². The van der Waals surface area contributed by atoms with Crippen LogP contribution in [0.25, 0.3) is 5.65 Å². The molecule has 3 aliphatic rings. The third-order valence-electron chi connectivity index (χ3n) is 7.78. The van der Waals surface area contributed by atoms with Crippen LogP contribution in [0.5, 0.6) is 0 Å². The number of Topliss-reactive ketones (excluding diaryl/α,β-unsaturated/α-hetero) is 1. The molecule has 1 aromatic carbocycles. The van der Waals surface area contributed by atoms with E-state index in [-0.39, 0.29) is 73.9 Å². The second-order valence-corrected chi connectivity index (χ2v) is 10.7. The SMILES string of the molecule is O=C(NCC(=O)N1CCN(c2c(F)cc(N3C[C@H](CCC(=O)C4CC4)OC3=O)cc2F)CC1)c1cn2ccncc2n1. The van der Waals surface area contributed by atoms with Gasteiger partial charge in [-0.05, 0) is 19.3 Å². The fourth-order valence-corrected chi connectivity index (χ4v) is 5.30. The summed E-state index contributed by atoms with van der Waals surface area (Å²) in [4.78, 5) is 61.8. The summed E-state index contributed by atoms with van der Waals surface area (Å²) < 4.78 is 37.3. The monoisotopic (exact) mass is 581 g/mol. The molecule has 0 bridgehead atoms. The molecule has 1 N–H and O–H groups in total. The number of fused-ring (bicyclic) bond motifs is 1. The Bertz CT molecular complexity index is 1490. The smallest absolute Gasteiger partial charge is 0.414 e. The fourth-order valence-electron chi connectivity index (χ4n) is 5.30. The minimum absolute atomic E-state index is 0.0428. The fraction of sp³-hybridized carbons (Fsp3) is 0.429. The van der Waals surface area contributed by atoms with Crippen LogP contribution in [0.15, 0.2) is 36.9 Å². The van der Waals surface area contributed by atoms with Crippen molar-refractivity contribution in [2.45, 2.75) is 31.8 Å². The predicted molar refractivity (Wildman–Crippen MR) is 145 cm³/mol. The number of amides is 3. The lowest BCUT2D eigenvalue weighted by Gasteiger charge is -2.36. The number of piperazine rings is 1. The van der Waals surface area contributed by atoms with E-state index in [1.54, 1.807) is 16.8 Å². The molecule has 2 aromatic heterocycles. The number of anilines is 2. The van der Waals surface area contributed by atoms with Gasteiger partial charge in [-0.2, -0.15) is 0 Å². The first-order chi connectivity index (χ1) is 20.3. The van der Waals surface area contributed by atoms with E-state index in [1.165, 1.54) is 27.1 Å². The van der Waals surface area contributed by atoms with Crippen LogP contribution in [0, 0.1) is 17.6 Å². The van der Waals surface area contributed by atoms with Crippen LogP contribution in [-0.2, 0) is 14.3 Å². The molecule has 3 aromatic rings. The molecular weight excluding hydrogens is 552 g/mol. The number of benzene rings is 1. The topological polar surface area (TPSA) is 129 Å². The Kier molecular flexibility index (Phi) is 7.43. The van der Waals surface area contributed by atoms with Crippen molar-refractivity contribution in [1.29, 1.82) is 0 Å². The summed E-state index contributed by atoms with van der Waals surface area (Å²) in [6.07, 6.45) is 7.56. The Morgan fingerprint density at radius 3 is 2.50 bits per heavy atom. The van der Waals surface area contributed by atoms with Crippen LogP contribution in [0.3, 0.4) is 0 Å². The van der Waals surface area contributed by atoms with Gasteiger partial charge in [0.1, 0.15) is 23.3 Å². The molecule has 0 radical (unpaired) electrons. The number of hydrogen-bond donors (Lipinski definition) is 1. The number of cyclic esters (lactones) is 1. The summed E-state index contributed by atoms with van der Waals surface area (Å²) in [5, 5.41) is 2.56. The average molecular weight is 582 g/mol. The van der Waals surface area contributed by atoms with Gasteiger partial charge in [0.05, 0.1) is 25.0 Å². The molecule has 0 unspecified atom stereocenters. The van der Waals surface area contributed by atoms with Gasteiger partial charge in [-0.15, -0.1) is 0 Å². The summed E-state index contributed by atoms with van der Waals surface area (Å²) >= 11 is 0. The molecule has 2 aliphatic heterocycles. The lowest BCUT2D eigenvalue weighted by atomic mass is 10.1. The molecule has 4 heterocycles. The second kappa shape index (κ2) is 11.3. The average Bonchev–Trinajstić information content (AvgIpc) is 3.64. The zero-order valence-corrected chi connectivity index (χ0v) is 22.7. The summed E-state index contributed by atoms with van der Waals surface area (Å²) in [6.45, 7) is 0.624. The number of hydrogen-bond acceptors (Lipinski definition) is 8. The second-order valence-electron chi connectivity index (χ2n) is 10.7. The number of ketones is 1. The van der Waals surface area contributed by atoms with Crippen LogP contribution in [0.1, 0.15) is 36.2 Å². The molecule has 2 saturated heterocycles. The Balaban J connectivity index is 1.01.